The van der Waals surface area contributed by atoms with Gasteiger partial charge in [0.05, 0.1) is 16.8 Å². The van der Waals surface area contributed by atoms with Gasteiger partial charge in [-0.1, -0.05) is 30.0 Å². The lowest BCUT2D eigenvalue weighted by atomic mass is 10.2. The van der Waals surface area contributed by atoms with Crippen LogP contribution in [0.4, 0.5) is 0 Å². The molecule has 0 unspecified atom stereocenters. The largest absolute Gasteiger partial charge is 0.291 e. The van der Waals surface area contributed by atoms with E-state index in [-0.39, 0.29) is 5.56 Å². The summed E-state index contributed by atoms with van der Waals surface area (Å²) < 4.78 is 3.66. The number of thiophene rings is 1. The van der Waals surface area contributed by atoms with Crippen LogP contribution >= 0.6 is 23.1 Å². The Kier molecular flexibility index (Phi) is 4.21. The maximum atomic E-state index is 13.6. The third-order valence-corrected chi connectivity index (χ3v) is 7.51. The SMILES string of the molecule is O=c1c2c3c(sc2nc(SCc2cn4cccnc4n2)n1-c1ccccc1)CCC3. The summed E-state index contributed by atoms with van der Waals surface area (Å²) in [4.78, 5) is 29.6. The molecule has 8 heteroatoms. The van der Waals surface area contributed by atoms with Gasteiger partial charge < -0.3 is 0 Å². The zero-order valence-corrected chi connectivity index (χ0v) is 17.6. The zero-order chi connectivity index (χ0) is 20.1. The summed E-state index contributed by atoms with van der Waals surface area (Å²) >= 11 is 3.21. The predicted octanol–water partition coefficient (Wildman–Crippen LogP) is 4.27. The fourth-order valence-electron chi connectivity index (χ4n) is 4.01. The first kappa shape index (κ1) is 17.9. The molecule has 148 valence electrons. The van der Waals surface area contributed by atoms with Gasteiger partial charge in [0.25, 0.3) is 5.56 Å². The summed E-state index contributed by atoms with van der Waals surface area (Å²) in [6.07, 6.45) is 8.79. The van der Waals surface area contributed by atoms with Gasteiger partial charge in [0, 0.05) is 29.2 Å². The van der Waals surface area contributed by atoms with Crippen molar-refractivity contribution < 1.29 is 0 Å². The van der Waals surface area contributed by atoms with Crippen LogP contribution in [-0.2, 0) is 18.6 Å². The van der Waals surface area contributed by atoms with E-state index < -0.39 is 0 Å². The lowest BCUT2D eigenvalue weighted by molar-refractivity contribution is 0.820. The molecule has 6 nitrogen and oxygen atoms in total. The van der Waals surface area contributed by atoms with Gasteiger partial charge in [0.15, 0.2) is 5.16 Å². The van der Waals surface area contributed by atoms with E-state index in [4.69, 9.17) is 4.98 Å². The lowest BCUT2D eigenvalue weighted by Crippen LogP contribution is -2.21. The summed E-state index contributed by atoms with van der Waals surface area (Å²) in [5.41, 5.74) is 2.99. The highest BCUT2D eigenvalue weighted by Crippen LogP contribution is 2.36. The van der Waals surface area contributed by atoms with Gasteiger partial charge in [0.1, 0.15) is 4.83 Å². The Balaban J connectivity index is 1.47. The van der Waals surface area contributed by atoms with Crippen LogP contribution in [0, 0.1) is 0 Å². The fourth-order valence-corrected chi connectivity index (χ4v) is 6.21. The van der Waals surface area contributed by atoms with Crippen molar-refractivity contribution >= 4 is 39.1 Å². The molecule has 0 atom stereocenters. The van der Waals surface area contributed by atoms with Crippen molar-refractivity contribution in [1.82, 2.24) is 23.9 Å². The number of thioether (sulfide) groups is 1. The molecule has 0 aliphatic heterocycles. The second kappa shape index (κ2) is 7.07. The monoisotopic (exact) mass is 431 g/mol. The van der Waals surface area contributed by atoms with Crippen LogP contribution in [0.5, 0.6) is 0 Å². The molecule has 1 aromatic carbocycles. The number of fused-ring (bicyclic) bond motifs is 4. The molecule has 6 rings (SSSR count). The number of aromatic nitrogens is 5. The Morgan fingerprint density at radius 2 is 2.00 bits per heavy atom. The van der Waals surface area contributed by atoms with E-state index in [1.807, 2.05) is 53.2 Å². The first-order valence-electron chi connectivity index (χ1n) is 9.82. The van der Waals surface area contributed by atoms with Crippen molar-refractivity contribution in [2.24, 2.45) is 0 Å². The minimum Gasteiger partial charge on any atom is -0.291 e. The Morgan fingerprint density at radius 3 is 2.87 bits per heavy atom. The van der Waals surface area contributed by atoms with Crippen LogP contribution < -0.4 is 5.56 Å². The molecule has 0 radical (unpaired) electrons. The Morgan fingerprint density at radius 1 is 1.10 bits per heavy atom. The third kappa shape index (κ3) is 2.86. The summed E-state index contributed by atoms with van der Waals surface area (Å²) in [5, 5.41) is 1.50. The zero-order valence-electron chi connectivity index (χ0n) is 16.0. The van der Waals surface area contributed by atoms with Crippen molar-refractivity contribution in [3.8, 4) is 5.69 Å². The smallest absolute Gasteiger partial charge is 0.267 e. The van der Waals surface area contributed by atoms with E-state index in [2.05, 4.69) is 9.97 Å². The van der Waals surface area contributed by atoms with Gasteiger partial charge in [-0.15, -0.1) is 11.3 Å². The van der Waals surface area contributed by atoms with E-state index >= 15 is 0 Å². The van der Waals surface area contributed by atoms with Crippen LogP contribution in [0.25, 0.3) is 21.7 Å². The standard InChI is InChI=1S/C22H17N5OS2/c28-20-18-16-8-4-9-17(16)30-19(18)25-22(27(20)15-6-2-1-3-7-15)29-13-14-12-26-11-5-10-23-21(26)24-14/h1-3,5-7,10-12H,4,8-9,13H2. The number of nitrogens with zero attached hydrogens (tertiary/aromatic N) is 5. The predicted molar refractivity (Wildman–Crippen MR) is 120 cm³/mol. The Labute approximate surface area is 180 Å². The second-order valence-electron chi connectivity index (χ2n) is 7.26. The number of benzene rings is 1. The summed E-state index contributed by atoms with van der Waals surface area (Å²) in [5.74, 6) is 1.28. The average Bonchev–Trinajstić information content (AvgIpc) is 3.46. The number of hydrogen-bond acceptors (Lipinski definition) is 6. The molecule has 0 saturated carbocycles. The quantitative estimate of drug-likeness (QED) is 0.314. The molecular formula is C22H17N5OS2. The molecule has 1 aliphatic rings. The third-order valence-electron chi connectivity index (χ3n) is 5.36. The first-order valence-corrected chi connectivity index (χ1v) is 11.6. The number of imidazole rings is 1. The number of aryl methyl sites for hydroxylation is 2. The molecule has 0 bridgehead atoms. The van der Waals surface area contributed by atoms with Crippen molar-refractivity contribution in [2.75, 3.05) is 0 Å². The van der Waals surface area contributed by atoms with E-state index in [0.717, 1.165) is 40.9 Å². The Bertz CT molecular complexity index is 1420. The van der Waals surface area contributed by atoms with Gasteiger partial charge >= 0.3 is 0 Å². The average molecular weight is 432 g/mol. The van der Waals surface area contributed by atoms with Crippen molar-refractivity contribution in [2.45, 2.75) is 30.2 Å². The molecule has 0 amide bonds. The molecular weight excluding hydrogens is 414 g/mol. The highest BCUT2D eigenvalue weighted by Gasteiger charge is 2.24. The van der Waals surface area contributed by atoms with E-state index in [9.17, 15) is 4.79 Å². The van der Waals surface area contributed by atoms with Crippen LogP contribution in [0.2, 0.25) is 0 Å². The molecule has 5 aromatic rings. The lowest BCUT2D eigenvalue weighted by Gasteiger charge is -2.12. The van der Waals surface area contributed by atoms with E-state index in [1.165, 1.54) is 22.2 Å². The van der Waals surface area contributed by atoms with Crippen LogP contribution in [0.15, 0.2) is 64.9 Å². The van der Waals surface area contributed by atoms with Crippen LogP contribution in [0.3, 0.4) is 0 Å². The van der Waals surface area contributed by atoms with Gasteiger partial charge in [-0.05, 0) is 43.0 Å². The maximum absolute atomic E-state index is 13.6. The van der Waals surface area contributed by atoms with Crippen LogP contribution in [-0.4, -0.2) is 23.9 Å². The summed E-state index contributed by atoms with van der Waals surface area (Å²) in [6, 6.07) is 11.7. The molecule has 0 spiro atoms. The minimum absolute atomic E-state index is 0.0322. The topological polar surface area (TPSA) is 65.1 Å². The molecule has 4 heterocycles. The molecule has 0 fully saturated rings. The van der Waals surface area contributed by atoms with E-state index in [0.29, 0.717) is 16.7 Å². The van der Waals surface area contributed by atoms with Gasteiger partial charge in [-0.3, -0.25) is 13.8 Å². The van der Waals surface area contributed by atoms with E-state index in [1.54, 1.807) is 22.1 Å². The molecule has 4 aromatic heterocycles. The van der Waals surface area contributed by atoms with Gasteiger partial charge in [0.2, 0.25) is 5.78 Å². The molecule has 0 saturated heterocycles. The Hall–Kier alpha value is -2.97. The molecule has 30 heavy (non-hydrogen) atoms. The highest BCUT2D eigenvalue weighted by atomic mass is 32.2. The number of hydrogen-bond donors (Lipinski definition) is 0. The van der Waals surface area contributed by atoms with Crippen molar-refractivity contribution in [3.63, 3.8) is 0 Å². The summed E-state index contributed by atoms with van der Waals surface area (Å²) in [7, 11) is 0. The van der Waals surface area contributed by atoms with Crippen molar-refractivity contribution in [1.29, 1.82) is 0 Å². The number of para-hydroxylation sites is 1. The first-order chi connectivity index (χ1) is 14.8. The highest BCUT2D eigenvalue weighted by molar-refractivity contribution is 7.98. The minimum atomic E-state index is 0.0322. The molecule has 0 N–H and O–H groups in total. The van der Waals surface area contributed by atoms with Gasteiger partial charge in [-0.2, -0.15) is 0 Å². The maximum Gasteiger partial charge on any atom is 0.267 e. The van der Waals surface area contributed by atoms with Crippen molar-refractivity contribution in [3.05, 3.63) is 81.5 Å². The summed E-state index contributed by atoms with van der Waals surface area (Å²) in [6.45, 7) is 0. The normalized spacial score (nSPS) is 13.3. The number of rotatable bonds is 4. The second-order valence-corrected chi connectivity index (χ2v) is 9.28. The van der Waals surface area contributed by atoms with Crippen LogP contribution in [0.1, 0.15) is 22.6 Å². The van der Waals surface area contributed by atoms with Gasteiger partial charge in [-0.25, -0.2) is 15.0 Å². The molecule has 1 aliphatic carbocycles. The fraction of sp³-hybridized carbons (Fsp3) is 0.182.